The van der Waals surface area contributed by atoms with E-state index in [1.54, 1.807) is 0 Å². The number of alkyl halides is 3. The Kier molecular flexibility index (Phi) is 5.45. The molecule has 27 heavy (non-hydrogen) atoms. The minimum absolute atomic E-state index is 0.142. The third-order valence-corrected chi connectivity index (χ3v) is 3.95. The molecule has 0 bridgehead atoms. The molecule has 3 aromatic rings. The molecule has 0 aliphatic carbocycles. The number of anilines is 2. The highest BCUT2D eigenvalue weighted by atomic mass is 19.4. The van der Waals surface area contributed by atoms with Gasteiger partial charge in [0.25, 0.3) is 0 Å². The lowest BCUT2D eigenvalue weighted by Gasteiger charge is -2.14. The van der Waals surface area contributed by atoms with Crippen LogP contribution in [0.25, 0.3) is 11.1 Å². The van der Waals surface area contributed by atoms with E-state index in [1.165, 1.54) is 18.2 Å². The van der Waals surface area contributed by atoms with E-state index in [0.29, 0.717) is 5.69 Å². The maximum absolute atomic E-state index is 13.0. The molecule has 0 atom stereocenters. The van der Waals surface area contributed by atoms with E-state index in [0.717, 1.165) is 17.2 Å². The van der Waals surface area contributed by atoms with Crippen LogP contribution >= 0.6 is 0 Å². The van der Waals surface area contributed by atoms with Crippen LogP contribution in [0.15, 0.2) is 78.9 Å². The third kappa shape index (κ3) is 4.88. The van der Waals surface area contributed by atoms with E-state index >= 15 is 0 Å². The molecule has 3 rings (SSSR count). The molecule has 0 saturated heterocycles. The van der Waals surface area contributed by atoms with Crippen LogP contribution in [-0.4, -0.2) is 12.5 Å². The van der Waals surface area contributed by atoms with Crippen LogP contribution in [0, 0.1) is 0 Å². The second-order valence-corrected chi connectivity index (χ2v) is 5.89. The van der Waals surface area contributed by atoms with Crippen molar-refractivity contribution in [2.24, 2.45) is 0 Å². The average molecular weight is 370 g/mol. The van der Waals surface area contributed by atoms with Crippen molar-refractivity contribution in [1.29, 1.82) is 0 Å². The number of carbonyl (C=O) groups is 1. The minimum Gasteiger partial charge on any atom is -0.376 e. The predicted molar refractivity (Wildman–Crippen MR) is 100 cm³/mol. The fraction of sp³-hybridized carbons (Fsp3) is 0.0952. The molecule has 2 N–H and O–H groups in total. The average Bonchev–Trinajstić information content (AvgIpc) is 2.67. The summed E-state index contributed by atoms with van der Waals surface area (Å²) in [4.78, 5) is 12.0. The number of carbonyl (C=O) groups excluding carboxylic acids is 1. The van der Waals surface area contributed by atoms with Gasteiger partial charge in [0.05, 0.1) is 17.8 Å². The fourth-order valence-corrected chi connectivity index (χ4v) is 2.63. The summed E-state index contributed by atoms with van der Waals surface area (Å²) in [6.45, 7) is -0.142. The Balaban J connectivity index is 1.60. The van der Waals surface area contributed by atoms with Crippen LogP contribution in [0.2, 0.25) is 0 Å². The minimum atomic E-state index is -4.52. The molecule has 0 aromatic heterocycles. The lowest BCUT2D eigenvalue weighted by atomic mass is 10.1. The van der Waals surface area contributed by atoms with Crippen molar-refractivity contribution in [3.63, 3.8) is 0 Å². The molecule has 0 unspecified atom stereocenters. The highest BCUT2D eigenvalue weighted by molar-refractivity contribution is 5.94. The van der Waals surface area contributed by atoms with E-state index in [9.17, 15) is 18.0 Å². The van der Waals surface area contributed by atoms with E-state index < -0.39 is 17.6 Å². The zero-order chi connectivity index (χ0) is 19.3. The van der Waals surface area contributed by atoms with Gasteiger partial charge in [0.1, 0.15) is 0 Å². The Morgan fingerprint density at radius 1 is 0.778 bits per heavy atom. The van der Waals surface area contributed by atoms with Crippen molar-refractivity contribution < 1.29 is 18.0 Å². The molecule has 0 radical (unpaired) electrons. The van der Waals surface area contributed by atoms with Gasteiger partial charge in [0, 0.05) is 5.69 Å². The van der Waals surface area contributed by atoms with E-state index in [2.05, 4.69) is 10.6 Å². The molecule has 0 saturated carbocycles. The standard InChI is InChI=1S/C21H17F3N2O/c22-21(23,24)18-8-4-5-9-19(18)26-20(27)14-25-17-12-10-16(11-13-17)15-6-2-1-3-7-15/h1-13,25H,14H2,(H,26,27). The van der Waals surface area contributed by atoms with Gasteiger partial charge in [-0.3, -0.25) is 4.79 Å². The Morgan fingerprint density at radius 2 is 1.37 bits per heavy atom. The SMILES string of the molecule is O=C(CNc1ccc(-c2ccccc2)cc1)Nc1ccccc1C(F)(F)F. The second kappa shape index (κ2) is 7.95. The van der Waals surface area contributed by atoms with Crippen LogP contribution in [0.4, 0.5) is 24.5 Å². The topological polar surface area (TPSA) is 41.1 Å². The lowest BCUT2D eigenvalue weighted by molar-refractivity contribution is -0.137. The zero-order valence-electron chi connectivity index (χ0n) is 14.3. The summed E-state index contributed by atoms with van der Waals surface area (Å²) in [7, 11) is 0. The van der Waals surface area contributed by atoms with Crippen molar-refractivity contribution in [2.45, 2.75) is 6.18 Å². The molecule has 0 aliphatic rings. The van der Waals surface area contributed by atoms with Crippen LogP contribution in [0.3, 0.4) is 0 Å². The van der Waals surface area contributed by atoms with Crippen LogP contribution in [-0.2, 0) is 11.0 Å². The number of hydrogen-bond donors (Lipinski definition) is 2. The molecule has 0 heterocycles. The van der Waals surface area contributed by atoms with Crippen LogP contribution in [0.1, 0.15) is 5.56 Å². The molecule has 3 aromatic carbocycles. The highest BCUT2D eigenvalue weighted by Gasteiger charge is 2.33. The maximum Gasteiger partial charge on any atom is 0.418 e. The summed E-state index contributed by atoms with van der Waals surface area (Å²) in [5, 5.41) is 5.21. The predicted octanol–water partition coefficient (Wildman–Crippen LogP) is 5.42. The Hall–Kier alpha value is -3.28. The number of halogens is 3. The van der Waals surface area contributed by atoms with Gasteiger partial charge in [0.15, 0.2) is 0 Å². The summed E-state index contributed by atoms with van der Waals surface area (Å²) in [5.41, 5.74) is 1.69. The lowest BCUT2D eigenvalue weighted by Crippen LogP contribution is -2.23. The number of rotatable bonds is 5. The Bertz CT molecular complexity index is 907. The number of amides is 1. The zero-order valence-corrected chi connectivity index (χ0v) is 14.3. The molecular weight excluding hydrogens is 353 g/mol. The van der Waals surface area contributed by atoms with Gasteiger partial charge in [-0.2, -0.15) is 13.2 Å². The first-order valence-corrected chi connectivity index (χ1v) is 8.29. The van der Waals surface area contributed by atoms with Gasteiger partial charge in [-0.1, -0.05) is 54.6 Å². The smallest absolute Gasteiger partial charge is 0.376 e. The summed E-state index contributed by atoms with van der Waals surface area (Å²) in [6, 6.07) is 22.2. The van der Waals surface area contributed by atoms with Crippen molar-refractivity contribution in [3.05, 3.63) is 84.4 Å². The molecule has 1 amide bonds. The van der Waals surface area contributed by atoms with Crippen molar-refractivity contribution in [2.75, 3.05) is 17.2 Å². The monoisotopic (exact) mass is 370 g/mol. The summed E-state index contributed by atoms with van der Waals surface area (Å²) < 4.78 is 38.9. The van der Waals surface area contributed by atoms with Gasteiger partial charge in [0.2, 0.25) is 5.91 Å². The van der Waals surface area contributed by atoms with E-state index in [1.807, 2.05) is 54.6 Å². The van der Waals surface area contributed by atoms with Crippen molar-refractivity contribution >= 4 is 17.3 Å². The fourth-order valence-electron chi connectivity index (χ4n) is 2.63. The quantitative estimate of drug-likeness (QED) is 0.629. The summed E-state index contributed by atoms with van der Waals surface area (Å²) >= 11 is 0. The van der Waals surface area contributed by atoms with Crippen LogP contribution < -0.4 is 10.6 Å². The normalized spacial score (nSPS) is 11.1. The highest BCUT2D eigenvalue weighted by Crippen LogP contribution is 2.34. The number of hydrogen-bond acceptors (Lipinski definition) is 2. The Labute approximate surface area is 154 Å². The third-order valence-electron chi connectivity index (χ3n) is 3.95. The summed E-state index contributed by atoms with van der Waals surface area (Å²) in [5.74, 6) is -0.557. The first kappa shape index (κ1) is 18.5. The van der Waals surface area contributed by atoms with Gasteiger partial charge >= 0.3 is 6.18 Å². The number of nitrogens with one attached hydrogen (secondary N) is 2. The van der Waals surface area contributed by atoms with Gasteiger partial charge < -0.3 is 10.6 Å². The van der Waals surface area contributed by atoms with E-state index in [4.69, 9.17) is 0 Å². The largest absolute Gasteiger partial charge is 0.418 e. The molecule has 6 heteroatoms. The van der Waals surface area contributed by atoms with Crippen molar-refractivity contribution in [1.82, 2.24) is 0 Å². The number of benzene rings is 3. The first-order chi connectivity index (χ1) is 12.9. The first-order valence-electron chi connectivity index (χ1n) is 8.29. The summed E-state index contributed by atoms with van der Waals surface area (Å²) in [6.07, 6.45) is -4.52. The molecule has 0 spiro atoms. The number of para-hydroxylation sites is 1. The Morgan fingerprint density at radius 3 is 2.04 bits per heavy atom. The molecule has 138 valence electrons. The molecule has 0 aliphatic heterocycles. The van der Waals surface area contributed by atoms with Crippen molar-refractivity contribution in [3.8, 4) is 11.1 Å². The molecule has 0 fully saturated rings. The van der Waals surface area contributed by atoms with Gasteiger partial charge in [-0.05, 0) is 35.4 Å². The molecular formula is C21H17F3N2O. The molecule has 3 nitrogen and oxygen atoms in total. The maximum atomic E-state index is 13.0. The van der Waals surface area contributed by atoms with Gasteiger partial charge in [-0.15, -0.1) is 0 Å². The van der Waals surface area contributed by atoms with E-state index in [-0.39, 0.29) is 12.2 Å². The van der Waals surface area contributed by atoms with Crippen LogP contribution in [0.5, 0.6) is 0 Å². The van der Waals surface area contributed by atoms with Gasteiger partial charge in [-0.25, -0.2) is 0 Å². The second-order valence-electron chi connectivity index (χ2n) is 5.89.